The van der Waals surface area contributed by atoms with Gasteiger partial charge in [0.05, 0.1) is 0 Å². The summed E-state index contributed by atoms with van der Waals surface area (Å²) in [5.41, 5.74) is 2.35. The van der Waals surface area contributed by atoms with Crippen molar-refractivity contribution in [2.75, 3.05) is 0 Å². The molecular formula is C12H18O. The van der Waals surface area contributed by atoms with Crippen LogP contribution in [-0.4, -0.2) is 6.29 Å². The summed E-state index contributed by atoms with van der Waals surface area (Å²) in [7, 11) is 0. The first-order valence-corrected chi connectivity index (χ1v) is 4.94. The second kappa shape index (κ2) is 4.40. The Hall–Kier alpha value is -0.850. The molecule has 0 heterocycles. The first-order valence-electron chi connectivity index (χ1n) is 4.94. The highest BCUT2D eigenvalue weighted by atomic mass is 16.1. The number of hydrogen-bond acceptors (Lipinski definition) is 1. The largest absolute Gasteiger partial charge is 0.298 e. The number of hydrogen-bond donors (Lipinski definition) is 0. The number of carbonyl (C=O) groups is 1. The molecule has 1 heteroatoms. The summed E-state index contributed by atoms with van der Waals surface area (Å²) in [5.74, 6) is 1.15. The SMILES string of the molecule is CC1=CC(C)C(/C=C(/C)C=O)CC1. The van der Waals surface area contributed by atoms with E-state index in [2.05, 4.69) is 26.0 Å². The molecule has 1 aliphatic carbocycles. The normalized spacial score (nSPS) is 29.8. The van der Waals surface area contributed by atoms with Crippen molar-refractivity contribution < 1.29 is 4.79 Å². The van der Waals surface area contributed by atoms with Crippen LogP contribution >= 0.6 is 0 Å². The molecule has 13 heavy (non-hydrogen) atoms. The van der Waals surface area contributed by atoms with Crippen LogP contribution in [-0.2, 0) is 4.79 Å². The van der Waals surface area contributed by atoms with E-state index in [0.29, 0.717) is 11.8 Å². The van der Waals surface area contributed by atoms with Crippen LogP contribution in [0.4, 0.5) is 0 Å². The van der Waals surface area contributed by atoms with Gasteiger partial charge in [-0.1, -0.05) is 24.6 Å². The topological polar surface area (TPSA) is 17.1 Å². The fourth-order valence-electron chi connectivity index (χ4n) is 1.93. The highest BCUT2D eigenvalue weighted by Crippen LogP contribution is 2.29. The highest BCUT2D eigenvalue weighted by molar-refractivity contribution is 5.72. The van der Waals surface area contributed by atoms with Gasteiger partial charge in [0.25, 0.3) is 0 Å². The van der Waals surface area contributed by atoms with Gasteiger partial charge in [-0.25, -0.2) is 0 Å². The predicted molar refractivity (Wildman–Crippen MR) is 55.5 cm³/mol. The molecule has 1 aliphatic rings. The minimum absolute atomic E-state index is 0.564. The lowest BCUT2D eigenvalue weighted by Crippen LogP contribution is -2.12. The third-order valence-corrected chi connectivity index (χ3v) is 2.76. The van der Waals surface area contributed by atoms with Crippen molar-refractivity contribution in [3.63, 3.8) is 0 Å². The zero-order valence-electron chi connectivity index (χ0n) is 8.71. The van der Waals surface area contributed by atoms with Gasteiger partial charge in [-0.3, -0.25) is 4.79 Å². The smallest absolute Gasteiger partial charge is 0.145 e. The Morgan fingerprint density at radius 2 is 2.31 bits per heavy atom. The fraction of sp³-hybridized carbons (Fsp3) is 0.583. The van der Waals surface area contributed by atoms with Crippen LogP contribution in [0.3, 0.4) is 0 Å². The predicted octanol–water partition coefficient (Wildman–Crippen LogP) is 3.12. The Bertz CT molecular complexity index is 248. The van der Waals surface area contributed by atoms with E-state index in [4.69, 9.17) is 0 Å². The zero-order valence-corrected chi connectivity index (χ0v) is 8.71. The third-order valence-electron chi connectivity index (χ3n) is 2.76. The van der Waals surface area contributed by atoms with E-state index in [9.17, 15) is 4.79 Å². The molecule has 2 unspecified atom stereocenters. The molecule has 0 aromatic rings. The summed E-state index contributed by atoms with van der Waals surface area (Å²) in [6, 6.07) is 0. The third kappa shape index (κ3) is 2.83. The Labute approximate surface area is 80.5 Å². The van der Waals surface area contributed by atoms with E-state index in [1.807, 2.05) is 6.92 Å². The van der Waals surface area contributed by atoms with E-state index in [0.717, 1.165) is 11.9 Å². The maximum Gasteiger partial charge on any atom is 0.145 e. The van der Waals surface area contributed by atoms with Crippen LogP contribution in [0, 0.1) is 11.8 Å². The molecule has 0 fully saturated rings. The van der Waals surface area contributed by atoms with Crippen molar-refractivity contribution >= 4 is 6.29 Å². The van der Waals surface area contributed by atoms with Crippen molar-refractivity contribution in [1.29, 1.82) is 0 Å². The monoisotopic (exact) mass is 178 g/mol. The summed E-state index contributed by atoms with van der Waals surface area (Å²) < 4.78 is 0. The lowest BCUT2D eigenvalue weighted by atomic mass is 9.81. The van der Waals surface area contributed by atoms with Crippen LogP contribution in [0.2, 0.25) is 0 Å². The molecule has 1 rings (SSSR count). The van der Waals surface area contributed by atoms with E-state index < -0.39 is 0 Å². The second-order valence-corrected chi connectivity index (χ2v) is 4.10. The average molecular weight is 178 g/mol. The first-order chi connectivity index (χ1) is 6.13. The summed E-state index contributed by atoms with van der Waals surface area (Å²) in [6.07, 6.45) is 7.74. The average Bonchev–Trinajstić information content (AvgIpc) is 2.09. The van der Waals surface area contributed by atoms with Gasteiger partial charge in [0.15, 0.2) is 0 Å². The molecule has 0 aromatic carbocycles. The molecule has 0 saturated carbocycles. The molecule has 0 aromatic heterocycles. The van der Waals surface area contributed by atoms with Crippen molar-refractivity contribution in [2.45, 2.75) is 33.6 Å². The van der Waals surface area contributed by atoms with E-state index in [1.54, 1.807) is 0 Å². The summed E-state index contributed by atoms with van der Waals surface area (Å²) in [4.78, 5) is 10.5. The molecule has 0 radical (unpaired) electrons. The Morgan fingerprint density at radius 3 is 2.85 bits per heavy atom. The maximum absolute atomic E-state index is 10.5. The van der Waals surface area contributed by atoms with Crippen LogP contribution in [0.15, 0.2) is 23.3 Å². The molecule has 0 amide bonds. The Kier molecular flexibility index (Phi) is 3.47. The van der Waals surface area contributed by atoms with Gasteiger partial charge >= 0.3 is 0 Å². The lowest BCUT2D eigenvalue weighted by Gasteiger charge is -2.24. The number of rotatable bonds is 2. The van der Waals surface area contributed by atoms with E-state index in [-0.39, 0.29) is 0 Å². The minimum atomic E-state index is 0.564. The molecule has 0 aliphatic heterocycles. The van der Waals surface area contributed by atoms with Gasteiger partial charge in [0.1, 0.15) is 6.29 Å². The lowest BCUT2D eigenvalue weighted by molar-refractivity contribution is -0.104. The van der Waals surface area contributed by atoms with Gasteiger partial charge < -0.3 is 0 Å². The maximum atomic E-state index is 10.5. The van der Waals surface area contributed by atoms with Crippen molar-refractivity contribution in [3.05, 3.63) is 23.3 Å². The van der Waals surface area contributed by atoms with Gasteiger partial charge in [0, 0.05) is 0 Å². The van der Waals surface area contributed by atoms with Crippen molar-refractivity contribution in [2.24, 2.45) is 11.8 Å². The summed E-state index contributed by atoms with van der Waals surface area (Å²) >= 11 is 0. The molecule has 0 bridgehead atoms. The number of aldehydes is 1. The second-order valence-electron chi connectivity index (χ2n) is 4.10. The van der Waals surface area contributed by atoms with Gasteiger partial charge in [-0.2, -0.15) is 0 Å². The Balaban J connectivity index is 2.69. The minimum Gasteiger partial charge on any atom is -0.298 e. The zero-order chi connectivity index (χ0) is 9.84. The summed E-state index contributed by atoms with van der Waals surface area (Å²) in [5, 5.41) is 0. The van der Waals surface area contributed by atoms with E-state index >= 15 is 0 Å². The van der Waals surface area contributed by atoms with E-state index in [1.165, 1.54) is 18.4 Å². The molecule has 0 N–H and O–H groups in total. The standard InChI is InChI=1S/C12H18O/c1-9-4-5-12(11(3)6-9)7-10(2)8-13/h6-8,11-12H,4-5H2,1-3H3/b10-7-. The Morgan fingerprint density at radius 1 is 1.62 bits per heavy atom. The van der Waals surface area contributed by atoms with Crippen LogP contribution in [0.1, 0.15) is 33.6 Å². The van der Waals surface area contributed by atoms with Crippen molar-refractivity contribution in [3.8, 4) is 0 Å². The molecule has 0 saturated heterocycles. The number of carbonyl (C=O) groups excluding carboxylic acids is 1. The van der Waals surface area contributed by atoms with Gasteiger partial charge in [0.2, 0.25) is 0 Å². The number of allylic oxidation sites excluding steroid dienone is 4. The quantitative estimate of drug-likeness (QED) is 0.361. The molecule has 72 valence electrons. The molecular weight excluding hydrogens is 160 g/mol. The van der Waals surface area contributed by atoms with Crippen LogP contribution in [0.5, 0.6) is 0 Å². The fourth-order valence-corrected chi connectivity index (χ4v) is 1.93. The molecule has 1 nitrogen and oxygen atoms in total. The van der Waals surface area contributed by atoms with Gasteiger partial charge in [-0.15, -0.1) is 0 Å². The van der Waals surface area contributed by atoms with Crippen LogP contribution in [0.25, 0.3) is 0 Å². The first kappa shape index (κ1) is 10.2. The molecule has 0 spiro atoms. The van der Waals surface area contributed by atoms with Crippen LogP contribution < -0.4 is 0 Å². The van der Waals surface area contributed by atoms with Crippen molar-refractivity contribution in [1.82, 2.24) is 0 Å². The highest BCUT2D eigenvalue weighted by Gasteiger charge is 2.17. The van der Waals surface area contributed by atoms with Gasteiger partial charge in [-0.05, 0) is 44.1 Å². The summed E-state index contributed by atoms with van der Waals surface area (Å²) in [6.45, 7) is 6.29. The molecule has 2 atom stereocenters.